The molecule has 2 rings (SSSR count). The second-order valence-corrected chi connectivity index (χ2v) is 3.81. The molecular formula is C9H7ClOS. The van der Waals surface area contributed by atoms with Crippen LogP contribution in [0.4, 0.5) is 0 Å². The summed E-state index contributed by atoms with van der Waals surface area (Å²) >= 11 is 7.77. The van der Waals surface area contributed by atoms with Crippen LogP contribution < -0.4 is 0 Å². The second kappa shape index (κ2) is 3.33. The number of furan rings is 1. The molecule has 62 valence electrons. The normalized spacial score (nSPS) is 13.1. The van der Waals surface area contributed by atoms with Crippen molar-refractivity contribution in [3.05, 3.63) is 46.5 Å². The van der Waals surface area contributed by atoms with Crippen LogP contribution in [0, 0.1) is 0 Å². The van der Waals surface area contributed by atoms with E-state index < -0.39 is 0 Å². The Balaban J connectivity index is 2.27. The predicted molar refractivity (Wildman–Crippen MR) is 50.7 cm³/mol. The molecule has 3 heteroatoms. The van der Waals surface area contributed by atoms with E-state index in [1.165, 1.54) is 0 Å². The van der Waals surface area contributed by atoms with Gasteiger partial charge in [0.25, 0.3) is 0 Å². The zero-order valence-electron chi connectivity index (χ0n) is 6.24. The lowest BCUT2D eigenvalue weighted by Gasteiger charge is -2.01. The summed E-state index contributed by atoms with van der Waals surface area (Å²) in [6.07, 6.45) is 1.64. The van der Waals surface area contributed by atoms with Gasteiger partial charge in [0.1, 0.15) is 11.1 Å². The van der Waals surface area contributed by atoms with Crippen LogP contribution in [0.1, 0.15) is 16.0 Å². The summed E-state index contributed by atoms with van der Waals surface area (Å²) in [6.45, 7) is 0. The van der Waals surface area contributed by atoms with Crippen molar-refractivity contribution < 1.29 is 4.42 Å². The highest BCUT2D eigenvalue weighted by Crippen LogP contribution is 2.31. The van der Waals surface area contributed by atoms with Gasteiger partial charge in [-0.1, -0.05) is 6.07 Å². The van der Waals surface area contributed by atoms with Gasteiger partial charge in [0, 0.05) is 4.88 Å². The summed E-state index contributed by atoms with van der Waals surface area (Å²) in [4.78, 5) is 1.12. The molecule has 0 aliphatic rings. The van der Waals surface area contributed by atoms with E-state index in [1.54, 1.807) is 17.6 Å². The van der Waals surface area contributed by atoms with Crippen LogP contribution in [0.15, 0.2) is 40.3 Å². The minimum Gasteiger partial charge on any atom is -0.467 e. The van der Waals surface area contributed by atoms with Gasteiger partial charge < -0.3 is 4.42 Å². The van der Waals surface area contributed by atoms with E-state index in [1.807, 2.05) is 29.6 Å². The Bertz CT molecular complexity index is 291. The summed E-state index contributed by atoms with van der Waals surface area (Å²) in [7, 11) is 0. The van der Waals surface area contributed by atoms with Crippen LogP contribution in [0.25, 0.3) is 0 Å². The van der Waals surface area contributed by atoms with Crippen molar-refractivity contribution >= 4 is 22.9 Å². The third-order valence-electron chi connectivity index (χ3n) is 1.59. The summed E-state index contributed by atoms with van der Waals surface area (Å²) in [5.74, 6) is 0.805. The Morgan fingerprint density at radius 2 is 2.25 bits per heavy atom. The van der Waals surface area contributed by atoms with Crippen molar-refractivity contribution in [3.8, 4) is 0 Å². The zero-order valence-corrected chi connectivity index (χ0v) is 7.81. The molecule has 2 heterocycles. The molecule has 2 aromatic rings. The van der Waals surface area contributed by atoms with Crippen molar-refractivity contribution in [2.24, 2.45) is 0 Å². The molecule has 1 unspecified atom stereocenters. The van der Waals surface area contributed by atoms with Crippen LogP contribution in [-0.4, -0.2) is 0 Å². The van der Waals surface area contributed by atoms with E-state index in [9.17, 15) is 0 Å². The minimum atomic E-state index is -0.139. The fraction of sp³-hybridized carbons (Fsp3) is 0.111. The second-order valence-electron chi connectivity index (χ2n) is 2.39. The standard InChI is InChI=1S/C9H7ClOS/c10-9(7-3-1-5-11-7)8-4-2-6-12-8/h1-6,9H. The zero-order chi connectivity index (χ0) is 8.39. The largest absolute Gasteiger partial charge is 0.467 e. The molecule has 0 fully saturated rings. The molecule has 0 aromatic carbocycles. The molecule has 0 aliphatic carbocycles. The van der Waals surface area contributed by atoms with Crippen LogP contribution in [0.5, 0.6) is 0 Å². The Morgan fingerprint density at radius 1 is 1.33 bits per heavy atom. The summed E-state index contributed by atoms with van der Waals surface area (Å²) in [5, 5.41) is 1.87. The average Bonchev–Trinajstić information content (AvgIpc) is 2.77. The van der Waals surface area contributed by atoms with Crippen LogP contribution >= 0.6 is 22.9 Å². The van der Waals surface area contributed by atoms with Gasteiger partial charge in [-0.3, -0.25) is 0 Å². The molecule has 0 amide bonds. The summed E-state index contributed by atoms with van der Waals surface area (Å²) in [6, 6.07) is 7.72. The lowest BCUT2D eigenvalue weighted by Crippen LogP contribution is -1.85. The fourth-order valence-electron chi connectivity index (χ4n) is 1.01. The van der Waals surface area contributed by atoms with Gasteiger partial charge in [-0.15, -0.1) is 22.9 Å². The predicted octanol–water partition coefficient (Wildman–Crippen LogP) is 3.67. The van der Waals surface area contributed by atoms with Crippen LogP contribution in [0.2, 0.25) is 0 Å². The van der Waals surface area contributed by atoms with E-state index in [4.69, 9.17) is 16.0 Å². The van der Waals surface area contributed by atoms with Gasteiger partial charge in [0.2, 0.25) is 0 Å². The molecule has 1 nitrogen and oxygen atoms in total. The molecule has 0 N–H and O–H groups in total. The van der Waals surface area contributed by atoms with Gasteiger partial charge in [0.15, 0.2) is 0 Å². The smallest absolute Gasteiger partial charge is 0.126 e. The first-order valence-electron chi connectivity index (χ1n) is 3.59. The van der Waals surface area contributed by atoms with Crippen LogP contribution in [-0.2, 0) is 0 Å². The summed E-state index contributed by atoms with van der Waals surface area (Å²) in [5.41, 5.74) is 0. The third-order valence-corrected chi connectivity index (χ3v) is 3.10. The number of thiophene rings is 1. The maximum absolute atomic E-state index is 6.13. The summed E-state index contributed by atoms with van der Waals surface area (Å²) < 4.78 is 5.19. The molecule has 2 aromatic heterocycles. The molecular weight excluding hydrogens is 192 g/mol. The van der Waals surface area contributed by atoms with Gasteiger partial charge in [0.05, 0.1) is 6.26 Å². The lowest BCUT2D eigenvalue weighted by atomic mass is 10.3. The van der Waals surface area contributed by atoms with Gasteiger partial charge in [-0.25, -0.2) is 0 Å². The highest BCUT2D eigenvalue weighted by Gasteiger charge is 2.13. The molecule has 12 heavy (non-hydrogen) atoms. The Hall–Kier alpha value is -0.730. The number of hydrogen-bond donors (Lipinski definition) is 0. The monoisotopic (exact) mass is 198 g/mol. The molecule has 0 saturated carbocycles. The quantitative estimate of drug-likeness (QED) is 0.672. The number of hydrogen-bond acceptors (Lipinski definition) is 2. The maximum Gasteiger partial charge on any atom is 0.126 e. The SMILES string of the molecule is ClC(c1ccco1)c1cccs1. The fourth-order valence-corrected chi connectivity index (χ4v) is 2.07. The Morgan fingerprint density at radius 3 is 2.83 bits per heavy atom. The van der Waals surface area contributed by atoms with E-state index in [2.05, 4.69) is 0 Å². The molecule has 1 atom stereocenters. The van der Waals surface area contributed by atoms with Gasteiger partial charge >= 0.3 is 0 Å². The van der Waals surface area contributed by atoms with E-state index in [-0.39, 0.29) is 5.38 Å². The molecule has 0 radical (unpaired) electrons. The number of halogens is 1. The first-order valence-corrected chi connectivity index (χ1v) is 4.90. The number of alkyl halides is 1. The molecule has 0 bridgehead atoms. The Kier molecular flexibility index (Phi) is 2.19. The average molecular weight is 199 g/mol. The number of rotatable bonds is 2. The topological polar surface area (TPSA) is 13.1 Å². The van der Waals surface area contributed by atoms with Crippen molar-refractivity contribution in [2.45, 2.75) is 5.38 Å². The highest BCUT2D eigenvalue weighted by molar-refractivity contribution is 7.10. The molecule has 0 saturated heterocycles. The van der Waals surface area contributed by atoms with E-state index in [0.29, 0.717) is 0 Å². The highest BCUT2D eigenvalue weighted by atomic mass is 35.5. The van der Waals surface area contributed by atoms with E-state index in [0.717, 1.165) is 10.6 Å². The third kappa shape index (κ3) is 1.40. The van der Waals surface area contributed by atoms with Gasteiger partial charge in [-0.05, 0) is 23.6 Å². The first-order chi connectivity index (χ1) is 5.88. The van der Waals surface area contributed by atoms with Crippen molar-refractivity contribution in [3.63, 3.8) is 0 Å². The Labute approximate surface area is 79.6 Å². The van der Waals surface area contributed by atoms with E-state index >= 15 is 0 Å². The lowest BCUT2D eigenvalue weighted by molar-refractivity contribution is 0.517. The van der Waals surface area contributed by atoms with Crippen LogP contribution in [0.3, 0.4) is 0 Å². The molecule has 0 aliphatic heterocycles. The van der Waals surface area contributed by atoms with Crippen molar-refractivity contribution in [1.82, 2.24) is 0 Å². The molecule has 0 spiro atoms. The first kappa shape index (κ1) is 7.90. The van der Waals surface area contributed by atoms with Gasteiger partial charge in [-0.2, -0.15) is 0 Å². The minimum absolute atomic E-state index is 0.139. The van der Waals surface area contributed by atoms with Crippen molar-refractivity contribution in [2.75, 3.05) is 0 Å². The maximum atomic E-state index is 6.13. The van der Waals surface area contributed by atoms with Crippen molar-refractivity contribution in [1.29, 1.82) is 0 Å².